The molecule has 3 N–H and O–H groups in total. The average molecular weight is 257 g/mol. The second kappa shape index (κ2) is 6.18. The van der Waals surface area contributed by atoms with Crippen molar-refractivity contribution >= 4 is 11.9 Å². The molecule has 0 saturated heterocycles. The summed E-state index contributed by atoms with van der Waals surface area (Å²) in [7, 11) is 2.42. The van der Waals surface area contributed by atoms with Crippen LogP contribution in [0.1, 0.15) is 28.6 Å². The van der Waals surface area contributed by atoms with E-state index in [1.807, 2.05) is 0 Å². The molecular weight excluding hydrogens is 242 g/mol. The van der Waals surface area contributed by atoms with E-state index in [0.29, 0.717) is 0 Å². The summed E-state index contributed by atoms with van der Waals surface area (Å²) in [6.07, 6.45) is -1.58. The van der Waals surface area contributed by atoms with E-state index in [-0.39, 0.29) is 17.7 Å². The minimum absolute atomic E-state index is 0.150. The van der Waals surface area contributed by atoms with Gasteiger partial charge in [0.05, 0.1) is 26.7 Å². The van der Waals surface area contributed by atoms with Crippen molar-refractivity contribution in [3.63, 3.8) is 0 Å². The number of nitrogens with one attached hydrogen (secondary N) is 1. The standard InChI is InChI=1S/C11H15NO6/c1-17-9(14)4-8(13)10(15)6-3-7(12-5-6)11(16)18-2/h3,5,8,10,12-13,15H,4H2,1-2H3. The highest BCUT2D eigenvalue weighted by Gasteiger charge is 2.23. The number of methoxy groups -OCH3 is 2. The van der Waals surface area contributed by atoms with Gasteiger partial charge in [-0.2, -0.15) is 0 Å². The van der Waals surface area contributed by atoms with Gasteiger partial charge in [-0.1, -0.05) is 0 Å². The Hall–Kier alpha value is -1.86. The van der Waals surface area contributed by atoms with Crippen LogP contribution in [0.25, 0.3) is 0 Å². The highest BCUT2D eigenvalue weighted by molar-refractivity contribution is 5.87. The van der Waals surface area contributed by atoms with E-state index in [9.17, 15) is 19.8 Å². The van der Waals surface area contributed by atoms with Crippen molar-refractivity contribution in [2.45, 2.75) is 18.6 Å². The van der Waals surface area contributed by atoms with Gasteiger partial charge in [0.15, 0.2) is 0 Å². The summed E-state index contributed by atoms with van der Waals surface area (Å²) in [4.78, 5) is 24.7. The minimum Gasteiger partial charge on any atom is -0.469 e. The third-order valence-electron chi connectivity index (χ3n) is 2.42. The monoisotopic (exact) mass is 257 g/mol. The summed E-state index contributed by atoms with van der Waals surface area (Å²) in [5, 5.41) is 19.4. The Kier molecular flexibility index (Phi) is 4.87. The number of rotatable bonds is 5. The number of hydrogen-bond acceptors (Lipinski definition) is 6. The van der Waals surface area contributed by atoms with Gasteiger partial charge in [-0.3, -0.25) is 4.79 Å². The van der Waals surface area contributed by atoms with Gasteiger partial charge >= 0.3 is 11.9 Å². The van der Waals surface area contributed by atoms with Crippen molar-refractivity contribution in [1.29, 1.82) is 0 Å². The number of carbonyl (C=O) groups excluding carboxylic acids is 2. The normalized spacial score (nSPS) is 13.8. The smallest absolute Gasteiger partial charge is 0.354 e. The average Bonchev–Trinajstić information content (AvgIpc) is 2.86. The van der Waals surface area contributed by atoms with Crippen molar-refractivity contribution < 1.29 is 29.3 Å². The number of aliphatic hydroxyl groups excluding tert-OH is 2. The second-order valence-electron chi connectivity index (χ2n) is 3.63. The van der Waals surface area contributed by atoms with Crippen molar-refractivity contribution in [3.8, 4) is 0 Å². The van der Waals surface area contributed by atoms with Gasteiger partial charge in [-0.15, -0.1) is 0 Å². The molecule has 0 spiro atoms. The van der Waals surface area contributed by atoms with Crippen LogP contribution in [0.2, 0.25) is 0 Å². The summed E-state index contributed by atoms with van der Waals surface area (Å²) in [6.45, 7) is 0. The summed E-state index contributed by atoms with van der Waals surface area (Å²) >= 11 is 0. The van der Waals surface area contributed by atoms with Crippen LogP contribution in [0.3, 0.4) is 0 Å². The predicted octanol–water partition coefficient (Wildman–Crippen LogP) is -0.241. The molecule has 0 bridgehead atoms. The van der Waals surface area contributed by atoms with E-state index in [1.54, 1.807) is 0 Å². The highest BCUT2D eigenvalue weighted by Crippen LogP contribution is 2.20. The van der Waals surface area contributed by atoms with Crippen LogP contribution in [0, 0.1) is 0 Å². The van der Waals surface area contributed by atoms with Crippen LogP contribution in [-0.4, -0.2) is 47.5 Å². The molecular formula is C11H15NO6. The van der Waals surface area contributed by atoms with Crippen LogP contribution >= 0.6 is 0 Å². The van der Waals surface area contributed by atoms with Crippen molar-refractivity contribution in [1.82, 2.24) is 4.98 Å². The first kappa shape index (κ1) is 14.2. The lowest BCUT2D eigenvalue weighted by atomic mass is 10.0. The number of ether oxygens (including phenoxy) is 2. The molecule has 18 heavy (non-hydrogen) atoms. The summed E-state index contributed by atoms with van der Waals surface area (Å²) in [5.74, 6) is -1.22. The van der Waals surface area contributed by atoms with Gasteiger partial charge in [0.25, 0.3) is 0 Å². The summed E-state index contributed by atoms with van der Waals surface area (Å²) < 4.78 is 8.86. The Labute approximate surface area is 103 Å². The Morgan fingerprint density at radius 2 is 2.00 bits per heavy atom. The zero-order valence-corrected chi connectivity index (χ0v) is 10.0. The van der Waals surface area contributed by atoms with Gasteiger partial charge in [-0.25, -0.2) is 4.79 Å². The maximum atomic E-state index is 11.2. The number of carbonyl (C=O) groups is 2. The van der Waals surface area contributed by atoms with Gasteiger partial charge < -0.3 is 24.7 Å². The van der Waals surface area contributed by atoms with Crippen LogP contribution < -0.4 is 0 Å². The van der Waals surface area contributed by atoms with Crippen LogP contribution in [0.5, 0.6) is 0 Å². The Morgan fingerprint density at radius 3 is 2.56 bits per heavy atom. The summed E-state index contributed by atoms with van der Waals surface area (Å²) in [6, 6.07) is 1.34. The van der Waals surface area contributed by atoms with Crippen molar-refractivity contribution in [2.75, 3.05) is 14.2 Å². The minimum atomic E-state index is -1.31. The van der Waals surface area contributed by atoms with E-state index in [2.05, 4.69) is 14.5 Å². The maximum absolute atomic E-state index is 11.2. The predicted molar refractivity (Wildman–Crippen MR) is 59.7 cm³/mol. The van der Waals surface area contributed by atoms with Gasteiger partial charge in [-0.05, 0) is 6.07 Å². The second-order valence-corrected chi connectivity index (χ2v) is 3.63. The Balaban J connectivity index is 2.71. The topological polar surface area (TPSA) is 109 Å². The van der Waals surface area contributed by atoms with Crippen molar-refractivity contribution in [2.24, 2.45) is 0 Å². The van der Waals surface area contributed by atoms with E-state index in [4.69, 9.17) is 0 Å². The fraction of sp³-hybridized carbons (Fsp3) is 0.455. The molecule has 0 aliphatic heterocycles. The molecule has 0 saturated carbocycles. The van der Waals surface area contributed by atoms with Crippen LogP contribution in [0.15, 0.2) is 12.3 Å². The number of aromatic amines is 1. The molecule has 1 rings (SSSR count). The van der Waals surface area contributed by atoms with Crippen LogP contribution in [-0.2, 0) is 14.3 Å². The molecule has 7 nitrogen and oxygen atoms in total. The Morgan fingerprint density at radius 1 is 1.33 bits per heavy atom. The Bertz CT molecular complexity index is 427. The third-order valence-corrected chi connectivity index (χ3v) is 2.42. The molecule has 0 aliphatic rings. The SMILES string of the molecule is COC(=O)CC(O)C(O)c1c[nH]c(C(=O)OC)c1. The molecule has 2 atom stereocenters. The molecule has 1 aromatic rings. The van der Waals surface area contributed by atoms with Crippen molar-refractivity contribution in [3.05, 3.63) is 23.5 Å². The molecule has 2 unspecified atom stereocenters. The highest BCUT2D eigenvalue weighted by atomic mass is 16.5. The number of H-pyrrole nitrogens is 1. The molecule has 100 valence electrons. The lowest BCUT2D eigenvalue weighted by Crippen LogP contribution is -2.22. The van der Waals surface area contributed by atoms with E-state index >= 15 is 0 Å². The number of hydrogen-bond donors (Lipinski definition) is 3. The van der Waals surface area contributed by atoms with E-state index in [0.717, 1.165) is 0 Å². The van der Waals surface area contributed by atoms with E-state index in [1.165, 1.54) is 26.5 Å². The molecule has 7 heteroatoms. The molecule has 1 aromatic heterocycles. The van der Waals surface area contributed by atoms with Crippen LogP contribution in [0.4, 0.5) is 0 Å². The molecule has 0 aromatic carbocycles. The number of esters is 2. The first-order valence-electron chi connectivity index (χ1n) is 5.19. The zero-order chi connectivity index (χ0) is 13.7. The number of aliphatic hydroxyl groups is 2. The molecule has 0 radical (unpaired) electrons. The molecule has 0 amide bonds. The lowest BCUT2D eigenvalue weighted by Gasteiger charge is -2.15. The van der Waals surface area contributed by atoms with E-state index < -0.39 is 24.1 Å². The lowest BCUT2D eigenvalue weighted by molar-refractivity contribution is -0.144. The first-order valence-corrected chi connectivity index (χ1v) is 5.19. The fourth-order valence-electron chi connectivity index (χ4n) is 1.40. The third kappa shape index (κ3) is 3.31. The molecule has 0 fully saturated rings. The van der Waals surface area contributed by atoms with Gasteiger partial charge in [0.1, 0.15) is 11.8 Å². The maximum Gasteiger partial charge on any atom is 0.354 e. The van der Waals surface area contributed by atoms with Gasteiger partial charge in [0, 0.05) is 11.8 Å². The quantitative estimate of drug-likeness (QED) is 0.628. The molecule has 1 heterocycles. The van der Waals surface area contributed by atoms with Gasteiger partial charge in [0.2, 0.25) is 0 Å². The first-order chi connectivity index (χ1) is 8.49. The fourth-order valence-corrected chi connectivity index (χ4v) is 1.40. The molecule has 0 aliphatic carbocycles. The zero-order valence-electron chi connectivity index (χ0n) is 10.0. The number of aromatic nitrogens is 1. The summed E-state index contributed by atoms with van der Waals surface area (Å²) in [5.41, 5.74) is 0.434. The largest absolute Gasteiger partial charge is 0.469 e.